The number of rotatable bonds is 5. The van der Waals surface area contributed by atoms with Crippen molar-refractivity contribution >= 4 is 34.7 Å². The first-order valence-corrected chi connectivity index (χ1v) is 9.39. The molecule has 1 aliphatic rings. The van der Waals surface area contributed by atoms with Crippen LogP contribution in [0.15, 0.2) is 42.5 Å². The van der Waals surface area contributed by atoms with Gasteiger partial charge in [0.15, 0.2) is 0 Å². The van der Waals surface area contributed by atoms with Crippen molar-refractivity contribution in [1.29, 1.82) is 0 Å². The lowest BCUT2D eigenvalue weighted by Gasteiger charge is -2.35. The van der Waals surface area contributed by atoms with Gasteiger partial charge in [-0.15, -0.1) is 0 Å². The summed E-state index contributed by atoms with van der Waals surface area (Å²) in [5, 5.41) is 16.7. The van der Waals surface area contributed by atoms with Gasteiger partial charge in [0.2, 0.25) is 5.91 Å². The molecule has 0 aromatic heterocycles. The van der Waals surface area contributed by atoms with Crippen molar-refractivity contribution in [1.82, 2.24) is 4.90 Å². The first kappa shape index (κ1) is 20.9. The van der Waals surface area contributed by atoms with E-state index < -0.39 is 4.92 Å². The molecule has 10 nitrogen and oxygen atoms in total. The molecule has 0 atom stereocenters. The number of nitro benzene ring substituents is 1. The zero-order valence-electron chi connectivity index (χ0n) is 16.8. The highest BCUT2D eigenvalue weighted by Crippen LogP contribution is 2.29. The number of para-hydroxylation sites is 2. The number of carbonyl (C=O) groups excluding carboxylic acids is 2. The Bertz CT molecular complexity index is 956. The molecule has 2 aromatic carbocycles. The quantitative estimate of drug-likeness (QED) is 0.575. The van der Waals surface area contributed by atoms with E-state index in [1.54, 1.807) is 41.3 Å². The molecule has 10 heteroatoms. The van der Waals surface area contributed by atoms with Crippen LogP contribution in [0.2, 0.25) is 0 Å². The summed E-state index contributed by atoms with van der Waals surface area (Å²) in [6, 6.07) is 11.3. The average Bonchev–Trinajstić information content (AvgIpc) is 2.74. The molecule has 2 aromatic rings. The van der Waals surface area contributed by atoms with Gasteiger partial charge in [-0.3, -0.25) is 14.9 Å². The Hall–Kier alpha value is -3.82. The summed E-state index contributed by atoms with van der Waals surface area (Å²) in [5.41, 5.74) is 1.66. The maximum atomic E-state index is 12.6. The zero-order chi connectivity index (χ0) is 21.7. The number of piperazine rings is 1. The van der Waals surface area contributed by atoms with Crippen LogP contribution in [0.25, 0.3) is 0 Å². The first-order valence-electron chi connectivity index (χ1n) is 9.39. The molecule has 0 radical (unpaired) electrons. The van der Waals surface area contributed by atoms with Crippen LogP contribution in [0.4, 0.5) is 27.5 Å². The van der Waals surface area contributed by atoms with Crippen molar-refractivity contribution in [2.45, 2.75) is 6.92 Å². The fraction of sp³-hybridized carbons (Fsp3) is 0.300. The number of nitrogens with zero attached hydrogens (tertiary/aromatic N) is 3. The highest BCUT2D eigenvalue weighted by atomic mass is 16.6. The molecule has 0 unspecified atom stereocenters. The van der Waals surface area contributed by atoms with E-state index in [9.17, 15) is 19.7 Å². The third-order valence-electron chi connectivity index (χ3n) is 4.75. The summed E-state index contributed by atoms with van der Waals surface area (Å²) in [4.78, 5) is 38.3. The Morgan fingerprint density at radius 1 is 1.07 bits per heavy atom. The van der Waals surface area contributed by atoms with Crippen molar-refractivity contribution in [3.05, 3.63) is 52.6 Å². The van der Waals surface area contributed by atoms with Crippen LogP contribution in [0.1, 0.15) is 6.92 Å². The number of nitrogens with one attached hydrogen (secondary N) is 2. The zero-order valence-corrected chi connectivity index (χ0v) is 16.8. The minimum absolute atomic E-state index is 0.0572. The normalized spacial score (nSPS) is 13.5. The second-order valence-electron chi connectivity index (χ2n) is 6.75. The number of hydrogen-bond acceptors (Lipinski definition) is 6. The second kappa shape index (κ2) is 9.12. The number of urea groups is 1. The molecule has 1 heterocycles. The van der Waals surface area contributed by atoms with Crippen LogP contribution in [-0.4, -0.2) is 55.1 Å². The van der Waals surface area contributed by atoms with Gasteiger partial charge in [0, 0.05) is 50.9 Å². The van der Waals surface area contributed by atoms with E-state index in [0.717, 1.165) is 0 Å². The average molecular weight is 413 g/mol. The predicted molar refractivity (Wildman–Crippen MR) is 113 cm³/mol. The summed E-state index contributed by atoms with van der Waals surface area (Å²) < 4.78 is 5.27. The lowest BCUT2D eigenvalue weighted by Crippen LogP contribution is -2.50. The van der Waals surface area contributed by atoms with Gasteiger partial charge in [0.05, 0.1) is 17.7 Å². The molecule has 3 rings (SSSR count). The Labute approximate surface area is 173 Å². The molecule has 0 saturated carbocycles. The number of anilines is 3. The van der Waals surface area contributed by atoms with Gasteiger partial charge in [0.1, 0.15) is 11.4 Å². The number of carbonyl (C=O) groups is 2. The maximum absolute atomic E-state index is 12.6. The molecular weight excluding hydrogens is 390 g/mol. The van der Waals surface area contributed by atoms with Gasteiger partial charge in [-0.25, -0.2) is 4.79 Å². The highest BCUT2D eigenvalue weighted by molar-refractivity contribution is 5.93. The van der Waals surface area contributed by atoms with Crippen LogP contribution < -0.4 is 20.3 Å². The van der Waals surface area contributed by atoms with Gasteiger partial charge < -0.3 is 25.2 Å². The number of methoxy groups -OCH3 is 1. The number of amides is 3. The summed E-state index contributed by atoms with van der Waals surface area (Å²) in [6.45, 7) is 3.24. The Kier molecular flexibility index (Phi) is 6.35. The molecule has 3 amide bonds. The molecule has 30 heavy (non-hydrogen) atoms. The third-order valence-corrected chi connectivity index (χ3v) is 4.75. The molecule has 2 N–H and O–H groups in total. The van der Waals surface area contributed by atoms with Crippen LogP contribution in [0.3, 0.4) is 0 Å². The Morgan fingerprint density at radius 3 is 2.40 bits per heavy atom. The molecular formula is C20H23N5O5. The van der Waals surface area contributed by atoms with Crippen molar-refractivity contribution in [2.24, 2.45) is 0 Å². The predicted octanol–water partition coefficient (Wildman–Crippen LogP) is 2.92. The fourth-order valence-corrected chi connectivity index (χ4v) is 3.30. The molecule has 1 fully saturated rings. The molecule has 1 aliphatic heterocycles. The Morgan fingerprint density at radius 2 is 1.77 bits per heavy atom. The van der Waals surface area contributed by atoms with Crippen LogP contribution in [-0.2, 0) is 4.79 Å². The van der Waals surface area contributed by atoms with Crippen LogP contribution in [0.5, 0.6) is 5.75 Å². The smallest absolute Gasteiger partial charge is 0.321 e. The second-order valence-corrected chi connectivity index (χ2v) is 6.75. The van der Waals surface area contributed by atoms with E-state index in [0.29, 0.717) is 49.0 Å². The summed E-state index contributed by atoms with van der Waals surface area (Å²) in [7, 11) is 1.48. The maximum Gasteiger partial charge on any atom is 0.321 e. The first-order chi connectivity index (χ1) is 14.4. The number of hydrogen-bond donors (Lipinski definition) is 2. The van der Waals surface area contributed by atoms with E-state index >= 15 is 0 Å². The SMILES string of the molecule is COc1cc(NC(=O)N2CCN(c3ccccc3[N+](=O)[O-])CC2)ccc1NC(C)=O. The molecule has 0 spiro atoms. The minimum Gasteiger partial charge on any atom is -0.494 e. The fourth-order valence-electron chi connectivity index (χ4n) is 3.30. The van der Waals surface area contributed by atoms with E-state index in [-0.39, 0.29) is 17.6 Å². The van der Waals surface area contributed by atoms with Crippen molar-refractivity contribution in [3.8, 4) is 5.75 Å². The number of nitro groups is 1. The van der Waals surface area contributed by atoms with Crippen molar-refractivity contribution in [2.75, 3.05) is 48.8 Å². The highest BCUT2D eigenvalue weighted by Gasteiger charge is 2.25. The van der Waals surface area contributed by atoms with E-state index in [4.69, 9.17) is 4.74 Å². The van der Waals surface area contributed by atoms with Gasteiger partial charge in [0.25, 0.3) is 5.69 Å². The van der Waals surface area contributed by atoms with Gasteiger partial charge in [-0.05, 0) is 18.2 Å². The van der Waals surface area contributed by atoms with Crippen molar-refractivity contribution in [3.63, 3.8) is 0 Å². The summed E-state index contributed by atoms with van der Waals surface area (Å²) in [6.07, 6.45) is 0. The summed E-state index contributed by atoms with van der Waals surface area (Å²) >= 11 is 0. The Balaban J connectivity index is 1.62. The third kappa shape index (κ3) is 4.77. The molecule has 1 saturated heterocycles. The topological polar surface area (TPSA) is 117 Å². The molecule has 158 valence electrons. The van der Waals surface area contributed by atoms with Crippen LogP contribution in [0, 0.1) is 10.1 Å². The van der Waals surface area contributed by atoms with Crippen molar-refractivity contribution < 1.29 is 19.2 Å². The van der Waals surface area contributed by atoms with Crippen LogP contribution >= 0.6 is 0 Å². The lowest BCUT2D eigenvalue weighted by molar-refractivity contribution is -0.384. The largest absolute Gasteiger partial charge is 0.494 e. The van der Waals surface area contributed by atoms with E-state index in [1.807, 2.05) is 4.90 Å². The minimum atomic E-state index is -0.396. The summed E-state index contributed by atoms with van der Waals surface area (Å²) in [5.74, 6) is 0.214. The number of benzene rings is 2. The van der Waals surface area contributed by atoms with Gasteiger partial charge in [-0.2, -0.15) is 0 Å². The van der Waals surface area contributed by atoms with E-state index in [2.05, 4.69) is 10.6 Å². The monoisotopic (exact) mass is 413 g/mol. The molecule has 0 aliphatic carbocycles. The van der Waals surface area contributed by atoms with Gasteiger partial charge >= 0.3 is 6.03 Å². The van der Waals surface area contributed by atoms with Gasteiger partial charge in [-0.1, -0.05) is 12.1 Å². The lowest BCUT2D eigenvalue weighted by atomic mass is 10.2. The van der Waals surface area contributed by atoms with E-state index in [1.165, 1.54) is 20.1 Å². The molecule has 0 bridgehead atoms. The number of ether oxygens (including phenoxy) is 1. The standard InChI is InChI=1S/C20H23N5O5/c1-14(26)21-16-8-7-15(13-19(16)30-2)22-20(27)24-11-9-23(10-12-24)17-5-3-4-6-18(17)25(28)29/h3-8,13H,9-12H2,1-2H3,(H,21,26)(H,22,27).